The number of hydrogen-bond donors (Lipinski definition) is 1. The van der Waals surface area contributed by atoms with E-state index in [4.69, 9.17) is 5.73 Å². The van der Waals surface area contributed by atoms with Gasteiger partial charge in [-0.3, -0.25) is 9.78 Å². The third-order valence-corrected chi connectivity index (χ3v) is 3.73. The number of rotatable bonds is 3. The Morgan fingerprint density at radius 1 is 1.04 bits per heavy atom. The number of halogens is 1. The van der Waals surface area contributed by atoms with Gasteiger partial charge in [-0.05, 0) is 48.5 Å². The molecule has 0 fully saturated rings. The topological polar surface area (TPSA) is 86.2 Å². The van der Waals surface area contributed by atoms with Gasteiger partial charge < -0.3 is 5.73 Å². The first-order valence-electron chi connectivity index (χ1n) is 7.50. The van der Waals surface area contributed by atoms with Gasteiger partial charge in [-0.2, -0.15) is 4.52 Å². The number of ketones is 1. The smallest absolute Gasteiger partial charge is 0.200 e. The lowest BCUT2D eigenvalue weighted by Crippen LogP contribution is -2.06. The van der Waals surface area contributed by atoms with Crippen molar-refractivity contribution in [3.63, 3.8) is 0 Å². The Morgan fingerprint density at radius 3 is 2.56 bits per heavy atom. The van der Waals surface area contributed by atoms with E-state index < -0.39 is 5.82 Å². The maximum atomic E-state index is 13.0. The van der Waals surface area contributed by atoms with Crippen LogP contribution in [0.15, 0.2) is 60.8 Å². The second-order valence-corrected chi connectivity index (χ2v) is 5.43. The minimum Gasteiger partial charge on any atom is -0.384 e. The molecule has 7 heteroatoms. The molecule has 25 heavy (non-hydrogen) atoms. The quantitative estimate of drug-likeness (QED) is 0.583. The Balaban J connectivity index is 1.79. The molecule has 0 atom stereocenters. The standard InChI is InChI=1S/C18H12FN5O/c19-13-6-4-11(5-7-13)17(25)12-9-15(20)24-16(10-12)22-18(23-24)14-3-1-2-8-21-14/h1-10H,20H2. The molecule has 0 radical (unpaired) electrons. The molecule has 1 aromatic carbocycles. The summed E-state index contributed by atoms with van der Waals surface area (Å²) >= 11 is 0. The van der Waals surface area contributed by atoms with E-state index in [9.17, 15) is 9.18 Å². The summed E-state index contributed by atoms with van der Waals surface area (Å²) < 4.78 is 14.5. The van der Waals surface area contributed by atoms with Crippen molar-refractivity contribution < 1.29 is 9.18 Å². The molecule has 4 aromatic rings. The molecule has 0 aliphatic carbocycles. The minimum absolute atomic E-state index is 0.267. The van der Waals surface area contributed by atoms with Crippen LogP contribution in [-0.4, -0.2) is 25.4 Å². The largest absolute Gasteiger partial charge is 0.384 e. The maximum absolute atomic E-state index is 13.0. The molecule has 2 N–H and O–H groups in total. The average molecular weight is 333 g/mol. The van der Waals surface area contributed by atoms with Crippen LogP contribution in [0.4, 0.5) is 10.2 Å². The average Bonchev–Trinajstić information content (AvgIpc) is 3.07. The molecular formula is C18H12FN5O. The van der Waals surface area contributed by atoms with Gasteiger partial charge in [0.2, 0.25) is 5.82 Å². The fraction of sp³-hybridized carbons (Fsp3) is 0. The van der Waals surface area contributed by atoms with Gasteiger partial charge in [0, 0.05) is 17.3 Å². The van der Waals surface area contributed by atoms with E-state index in [1.54, 1.807) is 24.4 Å². The van der Waals surface area contributed by atoms with Crippen LogP contribution in [0, 0.1) is 5.82 Å². The minimum atomic E-state index is -0.399. The molecule has 6 nitrogen and oxygen atoms in total. The number of nitrogen functional groups attached to an aromatic ring is 1. The lowest BCUT2D eigenvalue weighted by Gasteiger charge is -2.04. The highest BCUT2D eigenvalue weighted by atomic mass is 19.1. The Morgan fingerprint density at radius 2 is 1.84 bits per heavy atom. The monoisotopic (exact) mass is 333 g/mol. The molecule has 0 amide bonds. The van der Waals surface area contributed by atoms with E-state index in [0.29, 0.717) is 28.3 Å². The lowest BCUT2D eigenvalue weighted by atomic mass is 10.0. The molecule has 0 saturated carbocycles. The number of pyridine rings is 2. The van der Waals surface area contributed by atoms with Gasteiger partial charge in [0.15, 0.2) is 11.4 Å². The van der Waals surface area contributed by atoms with Crippen LogP contribution in [0.2, 0.25) is 0 Å². The predicted molar refractivity (Wildman–Crippen MR) is 90.5 cm³/mol. The molecule has 122 valence electrons. The van der Waals surface area contributed by atoms with Crippen molar-refractivity contribution in [1.82, 2.24) is 19.6 Å². The first-order chi connectivity index (χ1) is 12.1. The third-order valence-electron chi connectivity index (χ3n) is 3.73. The summed E-state index contributed by atoms with van der Waals surface area (Å²) in [5, 5.41) is 4.32. The van der Waals surface area contributed by atoms with Crippen LogP contribution in [0.25, 0.3) is 17.2 Å². The fourth-order valence-corrected chi connectivity index (χ4v) is 2.51. The summed E-state index contributed by atoms with van der Waals surface area (Å²) in [7, 11) is 0. The van der Waals surface area contributed by atoms with Crippen molar-refractivity contribution >= 4 is 17.2 Å². The molecule has 3 heterocycles. The van der Waals surface area contributed by atoms with Gasteiger partial charge in [0.05, 0.1) is 0 Å². The zero-order valence-corrected chi connectivity index (χ0v) is 12.9. The Bertz CT molecular complexity index is 1070. The molecule has 0 aliphatic heterocycles. The third kappa shape index (κ3) is 2.72. The highest BCUT2D eigenvalue weighted by Gasteiger charge is 2.15. The van der Waals surface area contributed by atoms with E-state index in [-0.39, 0.29) is 11.6 Å². The van der Waals surface area contributed by atoms with Crippen molar-refractivity contribution in [2.24, 2.45) is 0 Å². The van der Waals surface area contributed by atoms with Gasteiger partial charge in [-0.25, -0.2) is 9.37 Å². The van der Waals surface area contributed by atoms with Crippen LogP contribution in [0.3, 0.4) is 0 Å². The van der Waals surface area contributed by atoms with Crippen molar-refractivity contribution in [2.75, 3.05) is 5.73 Å². The van der Waals surface area contributed by atoms with Crippen molar-refractivity contribution in [3.05, 3.63) is 77.7 Å². The molecule has 4 rings (SSSR count). The number of hydrogen-bond acceptors (Lipinski definition) is 5. The molecule has 0 aliphatic rings. The summed E-state index contributed by atoms with van der Waals surface area (Å²) in [6.07, 6.45) is 1.65. The molecule has 0 saturated heterocycles. The number of carbonyl (C=O) groups excluding carboxylic acids is 1. The van der Waals surface area contributed by atoms with Crippen LogP contribution in [0.5, 0.6) is 0 Å². The van der Waals surface area contributed by atoms with Crippen LogP contribution in [-0.2, 0) is 0 Å². The summed E-state index contributed by atoms with van der Waals surface area (Å²) in [6, 6.07) is 13.9. The summed E-state index contributed by atoms with van der Waals surface area (Å²) in [5.74, 6) is 0.0249. The number of nitrogens with two attached hydrogens (primary N) is 1. The van der Waals surface area contributed by atoms with Gasteiger partial charge >= 0.3 is 0 Å². The summed E-state index contributed by atoms with van der Waals surface area (Å²) in [4.78, 5) is 21.2. The number of benzene rings is 1. The summed E-state index contributed by atoms with van der Waals surface area (Å²) in [6.45, 7) is 0. The van der Waals surface area contributed by atoms with Crippen LogP contribution >= 0.6 is 0 Å². The number of nitrogens with zero attached hydrogens (tertiary/aromatic N) is 4. The number of carbonyl (C=O) groups is 1. The normalized spacial score (nSPS) is 10.9. The second kappa shape index (κ2) is 5.79. The van der Waals surface area contributed by atoms with E-state index in [1.165, 1.54) is 34.8 Å². The van der Waals surface area contributed by atoms with Crippen molar-refractivity contribution in [2.45, 2.75) is 0 Å². The molecule has 3 aromatic heterocycles. The van der Waals surface area contributed by atoms with E-state index in [2.05, 4.69) is 15.1 Å². The van der Waals surface area contributed by atoms with Crippen molar-refractivity contribution in [3.8, 4) is 11.5 Å². The van der Waals surface area contributed by atoms with Crippen molar-refractivity contribution in [1.29, 1.82) is 0 Å². The Labute approximate surface area is 141 Å². The molecule has 0 bridgehead atoms. The molecule has 0 unspecified atom stereocenters. The highest BCUT2D eigenvalue weighted by molar-refractivity contribution is 6.09. The predicted octanol–water partition coefficient (Wildman–Crippen LogP) is 2.74. The van der Waals surface area contributed by atoms with Gasteiger partial charge in [-0.15, -0.1) is 5.10 Å². The number of fused-ring (bicyclic) bond motifs is 1. The first kappa shape index (κ1) is 14.9. The SMILES string of the molecule is Nc1cc(C(=O)c2ccc(F)cc2)cc2nc(-c3ccccn3)nn12. The number of anilines is 1. The van der Waals surface area contributed by atoms with Gasteiger partial charge in [-0.1, -0.05) is 6.07 Å². The van der Waals surface area contributed by atoms with Crippen LogP contribution in [0.1, 0.15) is 15.9 Å². The molecule has 0 spiro atoms. The number of aromatic nitrogens is 4. The summed E-state index contributed by atoms with van der Waals surface area (Å²) in [5.41, 5.74) is 7.79. The zero-order valence-electron chi connectivity index (χ0n) is 12.9. The second-order valence-electron chi connectivity index (χ2n) is 5.43. The van der Waals surface area contributed by atoms with E-state index in [0.717, 1.165) is 0 Å². The van der Waals surface area contributed by atoms with E-state index >= 15 is 0 Å². The highest BCUT2D eigenvalue weighted by Crippen LogP contribution is 2.19. The Kier molecular flexibility index (Phi) is 3.46. The lowest BCUT2D eigenvalue weighted by molar-refractivity contribution is 0.103. The maximum Gasteiger partial charge on any atom is 0.200 e. The molecular weight excluding hydrogens is 321 g/mol. The Hall–Kier alpha value is -3.61. The van der Waals surface area contributed by atoms with E-state index in [1.807, 2.05) is 6.07 Å². The van der Waals surface area contributed by atoms with Gasteiger partial charge in [0.1, 0.15) is 17.3 Å². The van der Waals surface area contributed by atoms with Crippen LogP contribution < -0.4 is 5.73 Å². The fourth-order valence-electron chi connectivity index (χ4n) is 2.51. The first-order valence-corrected chi connectivity index (χ1v) is 7.50. The van der Waals surface area contributed by atoms with Gasteiger partial charge in [0.25, 0.3) is 0 Å². The zero-order chi connectivity index (χ0) is 17.4.